The van der Waals surface area contributed by atoms with E-state index < -0.39 is 11.9 Å². The molecule has 0 saturated carbocycles. The Kier molecular flexibility index (Phi) is 19.3. The third-order valence-electron chi connectivity index (χ3n) is 9.62. The molecule has 0 heterocycles. The van der Waals surface area contributed by atoms with Crippen molar-refractivity contribution in [2.75, 3.05) is 26.4 Å². The highest BCUT2D eigenvalue weighted by molar-refractivity contribution is 5.92. The van der Waals surface area contributed by atoms with Gasteiger partial charge >= 0.3 is 23.9 Å². The molecular formula is C48H66O10. The molecule has 3 aromatic carbocycles. The lowest BCUT2D eigenvalue weighted by Gasteiger charge is -2.27. The van der Waals surface area contributed by atoms with Crippen LogP contribution in [0.1, 0.15) is 127 Å². The maximum atomic E-state index is 12.9. The van der Waals surface area contributed by atoms with Gasteiger partial charge in [0.05, 0.1) is 49.4 Å². The lowest BCUT2D eigenvalue weighted by atomic mass is 9.80. The second-order valence-corrected chi connectivity index (χ2v) is 17.3. The average molecular weight is 803 g/mol. The lowest BCUT2D eigenvalue weighted by Crippen LogP contribution is -2.27. The molecule has 2 unspecified atom stereocenters. The molecule has 0 saturated heterocycles. The van der Waals surface area contributed by atoms with Crippen LogP contribution >= 0.6 is 0 Å². The molecule has 0 amide bonds. The van der Waals surface area contributed by atoms with Crippen LogP contribution in [-0.2, 0) is 19.1 Å². The SMILES string of the molecule is Cc1cc(OC(=O)c2ccc(OCCCCOC(=O)C(CC(C)(C)C)C(C)C)cc2)ccc1OC(=O)c1ccc(OCCCCOC(=O)C(CC(C)C)C(C)C)cc1. The third-order valence-corrected chi connectivity index (χ3v) is 9.62. The van der Waals surface area contributed by atoms with Crippen molar-refractivity contribution in [1.82, 2.24) is 0 Å². The Balaban J connectivity index is 1.36. The van der Waals surface area contributed by atoms with Gasteiger partial charge in [0, 0.05) is 0 Å². The van der Waals surface area contributed by atoms with E-state index in [0.29, 0.717) is 84.9 Å². The van der Waals surface area contributed by atoms with Crippen LogP contribution in [0.25, 0.3) is 0 Å². The van der Waals surface area contributed by atoms with E-state index in [1.807, 2.05) is 0 Å². The van der Waals surface area contributed by atoms with Crippen molar-refractivity contribution < 1.29 is 47.6 Å². The molecule has 3 rings (SSSR count). The molecule has 0 aromatic heterocycles. The van der Waals surface area contributed by atoms with Crippen molar-refractivity contribution in [2.24, 2.45) is 35.0 Å². The van der Waals surface area contributed by atoms with Gasteiger partial charge in [-0.05, 0) is 141 Å². The number of carbonyl (C=O) groups excluding carboxylic acids is 4. The van der Waals surface area contributed by atoms with Gasteiger partial charge in [0.15, 0.2) is 0 Å². The van der Waals surface area contributed by atoms with Gasteiger partial charge in [-0.15, -0.1) is 0 Å². The predicted octanol–water partition coefficient (Wildman–Crippen LogP) is 10.9. The molecule has 0 aliphatic heterocycles. The van der Waals surface area contributed by atoms with E-state index in [0.717, 1.165) is 25.7 Å². The van der Waals surface area contributed by atoms with E-state index >= 15 is 0 Å². The molecule has 0 aliphatic rings. The Morgan fingerprint density at radius 1 is 0.552 bits per heavy atom. The van der Waals surface area contributed by atoms with Crippen LogP contribution in [0.2, 0.25) is 0 Å². The van der Waals surface area contributed by atoms with Gasteiger partial charge in [0.25, 0.3) is 0 Å². The minimum atomic E-state index is -0.536. The highest BCUT2D eigenvalue weighted by Gasteiger charge is 2.29. The van der Waals surface area contributed by atoms with Gasteiger partial charge in [-0.25, -0.2) is 9.59 Å². The molecule has 0 N–H and O–H groups in total. The van der Waals surface area contributed by atoms with Crippen LogP contribution in [0.5, 0.6) is 23.0 Å². The predicted molar refractivity (Wildman–Crippen MR) is 226 cm³/mol. The van der Waals surface area contributed by atoms with Crippen LogP contribution in [0.4, 0.5) is 0 Å². The van der Waals surface area contributed by atoms with Gasteiger partial charge < -0.3 is 28.4 Å². The minimum Gasteiger partial charge on any atom is -0.494 e. The van der Waals surface area contributed by atoms with Gasteiger partial charge in [-0.2, -0.15) is 0 Å². The molecule has 0 spiro atoms. The summed E-state index contributed by atoms with van der Waals surface area (Å²) in [5.41, 5.74) is 1.38. The van der Waals surface area contributed by atoms with E-state index in [4.69, 9.17) is 28.4 Å². The zero-order valence-electron chi connectivity index (χ0n) is 36.4. The summed E-state index contributed by atoms with van der Waals surface area (Å²) in [7, 11) is 0. The number of hydrogen-bond acceptors (Lipinski definition) is 10. The summed E-state index contributed by atoms with van der Waals surface area (Å²) in [6.07, 6.45) is 4.44. The zero-order chi connectivity index (χ0) is 42.8. The molecule has 10 heteroatoms. The molecule has 10 nitrogen and oxygen atoms in total. The fourth-order valence-corrected chi connectivity index (χ4v) is 6.25. The Hall–Kier alpha value is -4.86. The first-order valence-corrected chi connectivity index (χ1v) is 20.8. The standard InChI is InChI=1S/C48H66O10/c1-32(2)29-41(33(3)4)46(51)55-27-13-11-25-54-39-21-17-37(18-22-39)45(50)58-43-24-23-40(30-35(43)7)57-44(49)36-15-19-38(20-16-36)53-26-12-14-28-56-47(52)42(34(5)6)31-48(8,9)10/h15-24,30,32-34,41-42H,11-14,25-29,31H2,1-10H3. The van der Waals surface area contributed by atoms with Crippen molar-refractivity contribution in [2.45, 2.75) is 108 Å². The van der Waals surface area contributed by atoms with E-state index in [2.05, 4.69) is 62.3 Å². The first kappa shape index (κ1) is 47.5. The quantitative estimate of drug-likeness (QED) is 0.0520. The number of benzene rings is 3. The second-order valence-electron chi connectivity index (χ2n) is 17.3. The fourth-order valence-electron chi connectivity index (χ4n) is 6.25. The molecule has 0 radical (unpaired) electrons. The van der Waals surface area contributed by atoms with E-state index in [1.54, 1.807) is 73.7 Å². The highest BCUT2D eigenvalue weighted by Crippen LogP contribution is 2.30. The first-order valence-electron chi connectivity index (χ1n) is 20.8. The van der Waals surface area contributed by atoms with Gasteiger partial charge in [-0.1, -0.05) is 62.3 Å². The minimum absolute atomic E-state index is 0.0551. The van der Waals surface area contributed by atoms with Crippen LogP contribution in [0.15, 0.2) is 66.7 Å². The zero-order valence-corrected chi connectivity index (χ0v) is 36.4. The van der Waals surface area contributed by atoms with Crippen molar-refractivity contribution in [3.8, 4) is 23.0 Å². The smallest absolute Gasteiger partial charge is 0.343 e. The second kappa shape index (κ2) is 23.5. The summed E-state index contributed by atoms with van der Waals surface area (Å²) in [5, 5.41) is 0. The summed E-state index contributed by atoms with van der Waals surface area (Å²) in [4.78, 5) is 50.8. The fraction of sp³-hybridized carbons (Fsp3) is 0.542. The molecule has 58 heavy (non-hydrogen) atoms. The number of ether oxygens (including phenoxy) is 6. The summed E-state index contributed by atoms with van der Waals surface area (Å²) in [6, 6.07) is 18.2. The molecule has 0 bridgehead atoms. The lowest BCUT2D eigenvalue weighted by molar-refractivity contribution is -0.152. The monoisotopic (exact) mass is 802 g/mol. The van der Waals surface area contributed by atoms with Crippen molar-refractivity contribution in [1.29, 1.82) is 0 Å². The Labute approximate surface area is 346 Å². The topological polar surface area (TPSA) is 124 Å². The maximum absolute atomic E-state index is 12.9. The summed E-state index contributed by atoms with van der Waals surface area (Å²) in [6.45, 7) is 22.2. The van der Waals surface area contributed by atoms with Crippen molar-refractivity contribution >= 4 is 23.9 Å². The molecule has 0 aliphatic carbocycles. The van der Waals surface area contributed by atoms with Crippen LogP contribution in [0, 0.1) is 41.9 Å². The summed E-state index contributed by atoms with van der Waals surface area (Å²) < 4.78 is 33.9. The van der Waals surface area contributed by atoms with Gasteiger partial charge in [0.1, 0.15) is 23.0 Å². The number of aryl methyl sites for hydroxylation is 1. The average Bonchev–Trinajstić information content (AvgIpc) is 3.16. The normalized spacial score (nSPS) is 12.6. The number of hydrogen-bond donors (Lipinski definition) is 0. The molecule has 318 valence electrons. The number of unbranched alkanes of at least 4 members (excludes halogenated alkanes) is 2. The molecule has 3 aromatic rings. The van der Waals surface area contributed by atoms with Crippen LogP contribution < -0.4 is 18.9 Å². The van der Waals surface area contributed by atoms with Crippen molar-refractivity contribution in [3.05, 3.63) is 83.4 Å². The first-order chi connectivity index (χ1) is 27.4. The van der Waals surface area contributed by atoms with Crippen molar-refractivity contribution in [3.63, 3.8) is 0 Å². The Morgan fingerprint density at radius 2 is 0.983 bits per heavy atom. The number of rotatable bonds is 23. The van der Waals surface area contributed by atoms with Crippen LogP contribution in [-0.4, -0.2) is 50.3 Å². The van der Waals surface area contributed by atoms with Gasteiger partial charge in [0.2, 0.25) is 0 Å². The number of carbonyl (C=O) groups is 4. The largest absolute Gasteiger partial charge is 0.494 e. The molecule has 0 fully saturated rings. The highest BCUT2D eigenvalue weighted by atomic mass is 16.5. The Bertz CT molecular complexity index is 1740. The van der Waals surface area contributed by atoms with Gasteiger partial charge in [-0.3, -0.25) is 9.59 Å². The summed E-state index contributed by atoms with van der Waals surface area (Å²) >= 11 is 0. The number of esters is 4. The Morgan fingerprint density at radius 3 is 1.41 bits per heavy atom. The van der Waals surface area contributed by atoms with E-state index in [-0.39, 0.29) is 41.0 Å². The van der Waals surface area contributed by atoms with E-state index in [1.165, 1.54) is 0 Å². The van der Waals surface area contributed by atoms with Crippen LogP contribution in [0.3, 0.4) is 0 Å². The molecular weight excluding hydrogens is 737 g/mol. The summed E-state index contributed by atoms with van der Waals surface area (Å²) in [5.74, 6) is 1.28. The van der Waals surface area contributed by atoms with E-state index in [9.17, 15) is 19.2 Å². The molecule has 2 atom stereocenters. The third kappa shape index (κ3) is 16.9. The maximum Gasteiger partial charge on any atom is 0.343 e.